The molecule has 0 fully saturated rings. The van der Waals surface area contributed by atoms with Gasteiger partial charge in [0.1, 0.15) is 5.69 Å². The van der Waals surface area contributed by atoms with Crippen molar-refractivity contribution in [2.75, 3.05) is 0 Å². The van der Waals surface area contributed by atoms with Gasteiger partial charge in [-0.3, -0.25) is 5.10 Å². The van der Waals surface area contributed by atoms with Crippen molar-refractivity contribution >= 4 is 5.97 Å². The largest absolute Gasteiger partial charge is 0.453 e. The van der Waals surface area contributed by atoms with Crippen molar-refractivity contribution < 1.29 is 14.1 Å². The van der Waals surface area contributed by atoms with Gasteiger partial charge in [0.2, 0.25) is 0 Å². The highest BCUT2D eigenvalue weighted by atomic mass is 16.5. The number of nitrogens with zero attached hydrogens (tertiary/aromatic N) is 2. The van der Waals surface area contributed by atoms with Crippen LogP contribution in [0.3, 0.4) is 0 Å². The minimum absolute atomic E-state index is 0.0225. The van der Waals surface area contributed by atoms with Crippen LogP contribution in [0.15, 0.2) is 47.0 Å². The normalized spacial score (nSPS) is 10.7. The van der Waals surface area contributed by atoms with Crippen LogP contribution in [0.4, 0.5) is 0 Å². The molecule has 0 bridgehead atoms. The Kier molecular flexibility index (Phi) is 4.52. The Hall–Kier alpha value is -2.89. The molecule has 0 atom stereocenters. The topological polar surface area (TPSA) is 81.0 Å². The van der Waals surface area contributed by atoms with Crippen molar-refractivity contribution in [3.8, 4) is 11.3 Å². The molecule has 3 rings (SSSR count). The Morgan fingerprint density at radius 2 is 2.09 bits per heavy atom. The molecule has 1 N–H and O–H groups in total. The van der Waals surface area contributed by atoms with E-state index in [-0.39, 0.29) is 12.3 Å². The van der Waals surface area contributed by atoms with Gasteiger partial charge in [-0.2, -0.15) is 5.10 Å². The fourth-order valence-electron chi connectivity index (χ4n) is 2.20. The number of aromatic amines is 1. The number of carbonyl (C=O) groups excluding carboxylic acids is 1. The summed E-state index contributed by atoms with van der Waals surface area (Å²) in [5.41, 5.74) is 2.86. The van der Waals surface area contributed by atoms with Gasteiger partial charge in [0.15, 0.2) is 18.1 Å². The summed E-state index contributed by atoms with van der Waals surface area (Å²) < 4.78 is 10.4. The average molecular weight is 311 g/mol. The summed E-state index contributed by atoms with van der Waals surface area (Å²) in [6.07, 6.45) is 1.83. The first-order chi connectivity index (χ1) is 11.3. The van der Waals surface area contributed by atoms with Crippen LogP contribution in [0.5, 0.6) is 0 Å². The number of esters is 1. The predicted molar refractivity (Wildman–Crippen MR) is 83.6 cm³/mol. The van der Waals surface area contributed by atoms with Gasteiger partial charge in [-0.15, -0.1) is 0 Å². The van der Waals surface area contributed by atoms with Crippen molar-refractivity contribution in [1.29, 1.82) is 0 Å². The lowest BCUT2D eigenvalue weighted by Gasteiger charge is -1.98. The molecule has 0 spiro atoms. The lowest BCUT2D eigenvalue weighted by Crippen LogP contribution is -2.05. The molecule has 23 heavy (non-hydrogen) atoms. The average Bonchev–Trinajstić information content (AvgIpc) is 3.23. The highest BCUT2D eigenvalue weighted by molar-refractivity contribution is 5.87. The number of hydrogen-bond acceptors (Lipinski definition) is 5. The maximum absolute atomic E-state index is 11.9. The number of ether oxygens (including phenoxy) is 1. The van der Waals surface area contributed by atoms with Gasteiger partial charge in [-0.1, -0.05) is 48.8 Å². The summed E-state index contributed by atoms with van der Waals surface area (Å²) in [6.45, 7) is 2.09. The maximum Gasteiger partial charge on any atom is 0.359 e. The van der Waals surface area contributed by atoms with Crippen LogP contribution in [0.2, 0.25) is 0 Å². The van der Waals surface area contributed by atoms with Crippen molar-refractivity contribution in [3.63, 3.8) is 0 Å². The molecular weight excluding hydrogens is 294 g/mol. The molecule has 0 aliphatic rings. The summed E-state index contributed by atoms with van der Waals surface area (Å²) in [4.78, 5) is 11.9. The second-order valence-corrected chi connectivity index (χ2v) is 5.15. The highest BCUT2D eigenvalue weighted by Crippen LogP contribution is 2.19. The van der Waals surface area contributed by atoms with Crippen molar-refractivity contribution in [1.82, 2.24) is 15.4 Å². The summed E-state index contributed by atoms with van der Waals surface area (Å²) in [6, 6.07) is 13.1. The lowest BCUT2D eigenvalue weighted by molar-refractivity contribution is 0.0430. The van der Waals surface area contributed by atoms with Crippen molar-refractivity contribution in [3.05, 3.63) is 59.6 Å². The SMILES string of the molecule is CCCc1cc(C(=O)OCc2cc(-c3ccccc3)no2)n[nH]1. The minimum Gasteiger partial charge on any atom is -0.453 e. The monoisotopic (exact) mass is 311 g/mol. The predicted octanol–water partition coefficient (Wildman–Crippen LogP) is 3.37. The summed E-state index contributed by atoms with van der Waals surface area (Å²) in [5, 5.41) is 10.8. The van der Waals surface area contributed by atoms with Crippen LogP contribution in [-0.4, -0.2) is 21.3 Å². The molecular formula is C17H17N3O3. The van der Waals surface area contributed by atoms with Gasteiger partial charge in [-0.05, 0) is 12.5 Å². The number of rotatable bonds is 6. The third-order valence-electron chi connectivity index (χ3n) is 3.33. The van der Waals surface area contributed by atoms with E-state index in [1.807, 2.05) is 30.3 Å². The third kappa shape index (κ3) is 3.66. The van der Waals surface area contributed by atoms with Crippen LogP contribution >= 0.6 is 0 Å². The molecule has 118 valence electrons. The van der Waals surface area contributed by atoms with Crippen molar-refractivity contribution in [2.24, 2.45) is 0 Å². The zero-order valence-electron chi connectivity index (χ0n) is 12.8. The van der Waals surface area contributed by atoms with E-state index >= 15 is 0 Å². The molecule has 0 unspecified atom stereocenters. The lowest BCUT2D eigenvalue weighted by atomic mass is 10.1. The zero-order chi connectivity index (χ0) is 16.1. The maximum atomic E-state index is 11.9. The highest BCUT2D eigenvalue weighted by Gasteiger charge is 2.14. The Morgan fingerprint density at radius 3 is 2.87 bits per heavy atom. The Labute approximate surface area is 133 Å². The number of H-pyrrole nitrogens is 1. The number of hydrogen-bond donors (Lipinski definition) is 1. The fraction of sp³-hybridized carbons (Fsp3) is 0.235. The van der Waals surface area contributed by atoms with Gasteiger partial charge in [0, 0.05) is 17.3 Å². The summed E-state index contributed by atoms with van der Waals surface area (Å²) in [7, 11) is 0. The number of carbonyl (C=O) groups is 1. The number of benzene rings is 1. The fourth-order valence-corrected chi connectivity index (χ4v) is 2.20. The van der Waals surface area contributed by atoms with Gasteiger partial charge < -0.3 is 9.26 Å². The molecule has 0 saturated carbocycles. The molecule has 2 aromatic heterocycles. The minimum atomic E-state index is -0.485. The zero-order valence-corrected chi connectivity index (χ0v) is 12.8. The first-order valence-corrected chi connectivity index (χ1v) is 7.48. The molecule has 0 aliphatic heterocycles. The summed E-state index contributed by atoms with van der Waals surface area (Å²) in [5.74, 6) is 0.00258. The molecule has 3 aromatic rings. The van der Waals surface area contributed by atoms with Gasteiger partial charge in [0.25, 0.3) is 0 Å². The summed E-state index contributed by atoms with van der Waals surface area (Å²) >= 11 is 0. The van der Waals surface area contributed by atoms with E-state index in [0.29, 0.717) is 11.5 Å². The molecule has 0 amide bonds. The first kappa shape index (κ1) is 15.0. The number of nitrogens with one attached hydrogen (secondary N) is 1. The van der Waals surface area contributed by atoms with E-state index in [0.717, 1.165) is 24.1 Å². The second kappa shape index (κ2) is 6.91. The molecule has 0 aliphatic carbocycles. The molecule has 6 heteroatoms. The molecule has 2 heterocycles. The van der Waals surface area contributed by atoms with Crippen LogP contribution in [0, 0.1) is 0 Å². The van der Waals surface area contributed by atoms with E-state index in [1.165, 1.54) is 0 Å². The van der Waals surface area contributed by atoms with E-state index in [1.54, 1.807) is 12.1 Å². The van der Waals surface area contributed by atoms with Gasteiger partial charge >= 0.3 is 5.97 Å². The third-order valence-corrected chi connectivity index (χ3v) is 3.33. The number of aromatic nitrogens is 3. The quantitative estimate of drug-likeness (QED) is 0.706. The molecule has 0 radical (unpaired) electrons. The standard InChI is InChI=1S/C17H17N3O3/c1-2-6-13-9-16(19-18-13)17(21)22-11-14-10-15(20-23-14)12-7-4-3-5-8-12/h3-5,7-10H,2,6,11H2,1H3,(H,18,19). The van der Waals surface area contributed by atoms with Gasteiger partial charge in [0.05, 0.1) is 0 Å². The Balaban J connectivity index is 1.60. The molecule has 0 saturated heterocycles. The van der Waals surface area contributed by atoms with Crippen LogP contribution in [-0.2, 0) is 17.8 Å². The smallest absolute Gasteiger partial charge is 0.359 e. The molecule has 1 aromatic carbocycles. The molecule has 6 nitrogen and oxygen atoms in total. The first-order valence-electron chi connectivity index (χ1n) is 7.48. The van der Waals surface area contributed by atoms with Crippen LogP contribution < -0.4 is 0 Å². The number of aryl methyl sites for hydroxylation is 1. The Morgan fingerprint density at radius 1 is 1.26 bits per heavy atom. The van der Waals surface area contributed by atoms with E-state index in [4.69, 9.17) is 9.26 Å². The van der Waals surface area contributed by atoms with Crippen molar-refractivity contribution in [2.45, 2.75) is 26.4 Å². The van der Waals surface area contributed by atoms with Crippen LogP contribution in [0.25, 0.3) is 11.3 Å². The van der Waals surface area contributed by atoms with Crippen LogP contribution in [0.1, 0.15) is 35.3 Å². The second-order valence-electron chi connectivity index (χ2n) is 5.15. The van der Waals surface area contributed by atoms with Gasteiger partial charge in [-0.25, -0.2) is 4.79 Å². The van der Waals surface area contributed by atoms with E-state index in [2.05, 4.69) is 22.3 Å². The Bertz CT molecular complexity index is 777. The van der Waals surface area contributed by atoms with E-state index < -0.39 is 5.97 Å². The van der Waals surface area contributed by atoms with E-state index in [9.17, 15) is 4.79 Å².